The van der Waals surface area contributed by atoms with E-state index in [0.29, 0.717) is 17.5 Å². The van der Waals surface area contributed by atoms with Gasteiger partial charge in [0.1, 0.15) is 5.69 Å². The topological polar surface area (TPSA) is 79.8 Å². The highest BCUT2D eigenvalue weighted by Crippen LogP contribution is 2.22. The van der Waals surface area contributed by atoms with Crippen molar-refractivity contribution in [3.63, 3.8) is 0 Å². The van der Waals surface area contributed by atoms with Gasteiger partial charge in [0.25, 0.3) is 5.91 Å². The van der Waals surface area contributed by atoms with Crippen LogP contribution in [0.25, 0.3) is 0 Å². The highest BCUT2D eigenvalue weighted by Gasteiger charge is 2.10. The van der Waals surface area contributed by atoms with Crippen LogP contribution in [-0.2, 0) is 6.54 Å². The molecule has 2 heterocycles. The summed E-state index contributed by atoms with van der Waals surface area (Å²) in [5, 5.41) is 6.48. The van der Waals surface area contributed by atoms with E-state index in [1.807, 2.05) is 37.3 Å². The number of rotatable bonds is 5. The van der Waals surface area contributed by atoms with Crippen molar-refractivity contribution < 1.29 is 4.79 Å². The predicted molar refractivity (Wildman–Crippen MR) is 96.9 cm³/mol. The van der Waals surface area contributed by atoms with Crippen molar-refractivity contribution in [2.24, 2.45) is 0 Å². The number of aromatic nitrogens is 3. The highest BCUT2D eigenvalue weighted by molar-refractivity contribution is 6.30. The van der Waals surface area contributed by atoms with Gasteiger partial charge < -0.3 is 10.6 Å². The fraction of sp³-hybridized carbons (Fsp3) is 0.111. The van der Waals surface area contributed by atoms with Crippen molar-refractivity contribution in [1.82, 2.24) is 20.3 Å². The molecule has 1 amide bonds. The summed E-state index contributed by atoms with van der Waals surface area (Å²) in [6.45, 7) is 2.28. The smallest absolute Gasteiger partial charge is 0.270 e. The molecule has 6 nitrogen and oxygen atoms in total. The standard InChI is InChI=1S/C18H16ClN5O/c1-12-5-6-13(19)10-16(12)24-18-21-9-7-15(23-18)17(25)22-11-14-4-2-3-8-20-14/h2-10H,11H2,1H3,(H,22,25)(H,21,23,24). The molecule has 126 valence electrons. The molecular weight excluding hydrogens is 338 g/mol. The van der Waals surface area contributed by atoms with Gasteiger partial charge in [-0.3, -0.25) is 9.78 Å². The molecule has 0 unspecified atom stereocenters. The summed E-state index contributed by atoms with van der Waals surface area (Å²) in [6.07, 6.45) is 3.21. The van der Waals surface area contributed by atoms with Gasteiger partial charge in [-0.1, -0.05) is 23.7 Å². The van der Waals surface area contributed by atoms with Crippen LogP contribution in [0.2, 0.25) is 5.02 Å². The molecule has 3 rings (SSSR count). The summed E-state index contributed by atoms with van der Waals surface area (Å²) in [6, 6.07) is 12.6. The first-order chi connectivity index (χ1) is 12.1. The van der Waals surface area contributed by atoms with Crippen LogP contribution in [-0.4, -0.2) is 20.9 Å². The van der Waals surface area contributed by atoms with Crippen LogP contribution in [0.15, 0.2) is 54.9 Å². The van der Waals surface area contributed by atoms with Crippen LogP contribution in [0.3, 0.4) is 0 Å². The third kappa shape index (κ3) is 4.51. The molecule has 0 saturated heterocycles. The molecule has 7 heteroatoms. The molecule has 3 aromatic rings. The third-order valence-electron chi connectivity index (χ3n) is 3.49. The fourth-order valence-electron chi connectivity index (χ4n) is 2.16. The first-order valence-electron chi connectivity index (χ1n) is 7.66. The van der Waals surface area contributed by atoms with Gasteiger partial charge in [0.15, 0.2) is 0 Å². The normalized spacial score (nSPS) is 10.3. The second-order valence-corrected chi connectivity index (χ2v) is 5.79. The molecule has 0 aliphatic rings. The van der Waals surface area contributed by atoms with Gasteiger partial charge in [0, 0.05) is 23.1 Å². The monoisotopic (exact) mass is 353 g/mol. The summed E-state index contributed by atoms with van der Waals surface area (Å²) < 4.78 is 0. The Hall–Kier alpha value is -2.99. The zero-order valence-corrected chi connectivity index (χ0v) is 14.3. The van der Waals surface area contributed by atoms with Crippen molar-refractivity contribution in [1.29, 1.82) is 0 Å². The molecule has 0 aliphatic carbocycles. The Kier molecular flexibility index (Phi) is 5.20. The lowest BCUT2D eigenvalue weighted by Crippen LogP contribution is -2.24. The Balaban J connectivity index is 1.70. The van der Waals surface area contributed by atoms with Gasteiger partial charge in [-0.2, -0.15) is 0 Å². The summed E-state index contributed by atoms with van der Waals surface area (Å²) in [5.74, 6) is 0.0368. The van der Waals surface area contributed by atoms with Crippen molar-refractivity contribution >= 4 is 29.1 Å². The van der Waals surface area contributed by atoms with E-state index in [9.17, 15) is 4.79 Å². The van der Waals surface area contributed by atoms with E-state index in [1.165, 1.54) is 6.20 Å². The number of nitrogens with one attached hydrogen (secondary N) is 2. The lowest BCUT2D eigenvalue weighted by molar-refractivity contribution is 0.0945. The lowest BCUT2D eigenvalue weighted by Gasteiger charge is -2.09. The third-order valence-corrected chi connectivity index (χ3v) is 3.73. The number of hydrogen-bond acceptors (Lipinski definition) is 5. The van der Waals surface area contributed by atoms with Gasteiger partial charge in [-0.25, -0.2) is 9.97 Å². The summed E-state index contributed by atoms with van der Waals surface area (Å²) in [5.41, 5.74) is 2.84. The van der Waals surface area contributed by atoms with Crippen LogP contribution in [0.5, 0.6) is 0 Å². The average molecular weight is 354 g/mol. The zero-order chi connectivity index (χ0) is 17.6. The Morgan fingerprint density at radius 2 is 2.00 bits per heavy atom. The number of aryl methyl sites for hydroxylation is 1. The molecule has 1 aromatic carbocycles. The molecule has 0 bridgehead atoms. The van der Waals surface area contributed by atoms with E-state index < -0.39 is 0 Å². The summed E-state index contributed by atoms with van der Waals surface area (Å²) in [7, 11) is 0. The number of carbonyl (C=O) groups is 1. The van der Waals surface area contributed by atoms with Crippen molar-refractivity contribution in [2.45, 2.75) is 13.5 Å². The van der Waals surface area contributed by atoms with E-state index in [4.69, 9.17) is 11.6 Å². The number of benzene rings is 1. The largest absolute Gasteiger partial charge is 0.345 e. The second kappa shape index (κ2) is 7.72. The molecule has 0 radical (unpaired) electrons. The van der Waals surface area contributed by atoms with Crippen LogP contribution >= 0.6 is 11.6 Å². The van der Waals surface area contributed by atoms with Gasteiger partial charge >= 0.3 is 0 Å². The molecule has 0 spiro atoms. The van der Waals surface area contributed by atoms with E-state index in [-0.39, 0.29) is 11.6 Å². The van der Waals surface area contributed by atoms with Crippen molar-refractivity contribution in [3.8, 4) is 0 Å². The summed E-state index contributed by atoms with van der Waals surface area (Å²) in [4.78, 5) is 24.8. The van der Waals surface area contributed by atoms with E-state index in [2.05, 4.69) is 25.6 Å². The number of hydrogen-bond donors (Lipinski definition) is 2. The minimum Gasteiger partial charge on any atom is -0.345 e. The maximum Gasteiger partial charge on any atom is 0.270 e. The Labute approximate surface area is 150 Å². The quantitative estimate of drug-likeness (QED) is 0.733. The maximum atomic E-state index is 12.3. The molecule has 2 aromatic heterocycles. The van der Waals surface area contributed by atoms with Crippen LogP contribution in [0.1, 0.15) is 21.7 Å². The Morgan fingerprint density at radius 3 is 2.80 bits per heavy atom. The fourth-order valence-corrected chi connectivity index (χ4v) is 2.33. The van der Waals surface area contributed by atoms with Crippen molar-refractivity contribution in [3.05, 3.63) is 76.8 Å². The first kappa shape index (κ1) is 16.9. The summed E-state index contributed by atoms with van der Waals surface area (Å²) >= 11 is 6.01. The molecule has 0 saturated carbocycles. The minimum atomic E-state index is -0.293. The van der Waals surface area contributed by atoms with Gasteiger partial charge in [-0.05, 0) is 42.8 Å². The van der Waals surface area contributed by atoms with Gasteiger partial charge in [0.05, 0.1) is 12.2 Å². The molecule has 0 aliphatic heterocycles. The number of pyridine rings is 1. The Morgan fingerprint density at radius 1 is 1.12 bits per heavy atom. The number of carbonyl (C=O) groups excluding carboxylic acids is 1. The van der Waals surface area contributed by atoms with Crippen LogP contribution in [0, 0.1) is 6.92 Å². The minimum absolute atomic E-state index is 0.271. The number of halogens is 1. The second-order valence-electron chi connectivity index (χ2n) is 5.35. The van der Waals surface area contributed by atoms with E-state index in [0.717, 1.165) is 16.9 Å². The van der Waals surface area contributed by atoms with E-state index >= 15 is 0 Å². The number of amides is 1. The molecule has 0 atom stereocenters. The number of nitrogens with zero attached hydrogens (tertiary/aromatic N) is 3. The van der Waals surface area contributed by atoms with Crippen LogP contribution in [0.4, 0.5) is 11.6 Å². The lowest BCUT2D eigenvalue weighted by atomic mass is 10.2. The SMILES string of the molecule is Cc1ccc(Cl)cc1Nc1nccc(C(=O)NCc2ccccn2)n1. The maximum absolute atomic E-state index is 12.3. The van der Waals surface area contributed by atoms with Crippen molar-refractivity contribution in [2.75, 3.05) is 5.32 Å². The Bertz CT molecular complexity index is 886. The highest BCUT2D eigenvalue weighted by atomic mass is 35.5. The zero-order valence-electron chi connectivity index (χ0n) is 13.5. The van der Waals surface area contributed by atoms with Gasteiger partial charge in [0.2, 0.25) is 5.95 Å². The van der Waals surface area contributed by atoms with E-state index in [1.54, 1.807) is 18.3 Å². The predicted octanol–water partition coefficient (Wildman–Crippen LogP) is 3.51. The molecular formula is C18H16ClN5O. The van der Waals surface area contributed by atoms with Gasteiger partial charge in [-0.15, -0.1) is 0 Å². The number of anilines is 2. The molecule has 0 fully saturated rings. The molecule has 2 N–H and O–H groups in total. The van der Waals surface area contributed by atoms with Crippen LogP contribution < -0.4 is 10.6 Å². The average Bonchev–Trinajstić information content (AvgIpc) is 2.64. The molecule has 25 heavy (non-hydrogen) atoms. The first-order valence-corrected chi connectivity index (χ1v) is 8.04.